The molecular formula is C12H16N4O2. The van der Waals surface area contributed by atoms with E-state index in [1.165, 1.54) is 0 Å². The first-order valence-electron chi connectivity index (χ1n) is 5.94. The smallest absolute Gasteiger partial charge is 0.273 e. The Bertz CT molecular complexity index is 475. The van der Waals surface area contributed by atoms with Crippen LogP contribution in [-0.2, 0) is 4.79 Å². The van der Waals surface area contributed by atoms with Crippen LogP contribution in [0.2, 0.25) is 0 Å². The molecule has 1 saturated heterocycles. The topological polar surface area (TPSA) is 88.3 Å². The van der Waals surface area contributed by atoms with Gasteiger partial charge in [-0.2, -0.15) is 0 Å². The van der Waals surface area contributed by atoms with Crippen molar-refractivity contribution in [1.29, 1.82) is 0 Å². The zero-order valence-electron chi connectivity index (χ0n) is 10.2. The van der Waals surface area contributed by atoms with Gasteiger partial charge in [0.1, 0.15) is 17.6 Å². The number of nitrogens with one attached hydrogen (secondary N) is 1. The highest BCUT2D eigenvalue weighted by molar-refractivity contribution is 5.97. The molecular weight excluding hydrogens is 232 g/mol. The van der Waals surface area contributed by atoms with Crippen LogP contribution < -0.4 is 11.1 Å². The lowest BCUT2D eigenvalue weighted by atomic mass is 10.1. The van der Waals surface area contributed by atoms with Crippen LogP contribution >= 0.6 is 0 Å². The summed E-state index contributed by atoms with van der Waals surface area (Å²) in [6.07, 6.45) is 0.583. The summed E-state index contributed by atoms with van der Waals surface area (Å²) in [5, 5.41) is 2.75. The summed E-state index contributed by atoms with van der Waals surface area (Å²) in [7, 11) is 0. The molecule has 0 spiro atoms. The van der Waals surface area contributed by atoms with E-state index in [1.54, 1.807) is 23.1 Å². The van der Waals surface area contributed by atoms with Crippen LogP contribution in [0, 0.1) is 0 Å². The standard InChI is InChI=1S/C12H16N4O2/c1-2-9-11(17)14-6-7-16(9)12(18)8-4-3-5-10(13)15-8/h3-5,9H,2,6-7H2,1H3,(H2,13,15)(H,14,17)/t9-/m1/s1. The molecule has 0 aromatic carbocycles. The Kier molecular flexibility index (Phi) is 3.45. The Labute approximate surface area is 105 Å². The van der Waals surface area contributed by atoms with Crippen LogP contribution in [0.4, 0.5) is 5.82 Å². The van der Waals surface area contributed by atoms with E-state index in [2.05, 4.69) is 10.3 Å². The van der Waals surface area contributed by atoms with Crippen molar-refractivity contribution in [3.8, 4) is 0 Å². The minimum absolute atomic E-state index is 0.110. The third-order valence-corrected chi connectivity index (χ3v) is 2.97. The summed E-state index contributed by atoms with van der Waals surface area (Å²) in [5.74, 6) is -0.0552. The van der Waals surface area contributed by atoms with Gasteiger partial charge in [-0.25, -0.2) is 4.98 Å². The lowest BCUT2D eigenvalue weighted by Gasteiger charge is -2.34. The van der Waals surface area contributed by atoms with Crippen molar-refractivity contribution in [1.82, 2.24) is 15.2 Å². The van der Waals surface area contributed by atoms with Crippen molar-refractivity contribution in [2.75, 3.05) is 18.8 Å². The maximum atomic E-state index is 12.3. The summed E-state index contributed by atoms with van der Waals surface area (Å²) in [5.41, 5.74) is 5.84. The maximum absolute atomic E-state index is 12.3. The first-order valence-corrected chi connectivity index (χ1v) is 5.94. The monoisotopic (exact) mass is 248 g/mol. The van der Waals surface area contributed by atoms with E-state index in [0.29, 0.717) is 25.3 Å². The number of rotatable bonds is 2. The minimum Gasteiger partial charge on any atom is -0.384 e. The van der Waals surface area contributed by atoms with Gasteiger partial charge in [-0.1, -0.05) is 13.0 Å². The van der Waals surface area contributed by atoms with E-state index in [9.17, 15) is 9.59 Å². The van der Waals surface area contributed by atoms with Crippen LogP contribution in [0.15, 0.2) is 18.2 Å². The van der Waals surface area contributed by atoms with E-state index in [4.69, 9.17) is 5.73 Å². The Morgan fingerprint density at radius 1 is 1.61 bits per heavy atom. The van der Waals surface area contributed by atoms with Gasteiger partial charge < -0.3 is 16.0 Å². The van der Waals surface area contributed by atoms with Crippen molar-refractivity contribution in [3.05, 3.63) is 23.9 Å². The second kappa shape index (κ2) is 5.03. The highest BCUT2D eigenvalue weighted by atomic mass is 16.2. The summed E-state index contributed by atoms with van der Waals surface area (Å²) in [6, 6.07) is 4.49. The number of carbonyl (C=O) groups is 2. The highest BCUT2D eigenvalue weighted by Crippen LogP contribution is 2.13. The van der Waals surface area contributed by atoms with Crippen molar-refractivity contribution in [2.45, 2.75) is 19.4 Å². The van der Waals surface area contributed by atoms with Crippen LogP contribution in [0.1, 0.15) is 23.8 Å². The Morgan fingerprint density at radius 3 is 3.06 bits per heavy atom. The molecule has 1 aliphatic rings. The van der Waals surface area contributed by atoms with Crippen molar-refractivity contribution in [2.24, 2.45) is 0 Å². The molecule has 0 unspecified atom stereocenters. The number of anilines is 1. The number of pyridine rings is 1. The largest absolute Gasteiger partial charge is 0.384 e. The lowest BCUT2D eigenvalue weighted by molar-refractivity contribution is -0.127. The van der Waals surface area contributed by atoms with Gasteiger partial charge in [0, 0.05) is 13.1 Å². The molecule has 0 bridgehead atoms. The van der Waals surface area contributed by atoms with Gasteiger partial charge in [0.25, 0.3) is 5.91 Å². The minimum atomic E-state index is -0.422. The number of piperazine rings is 1. The normalized spacial score (nSPS) is 19.5. The molecule has 2 rings (SSSR count). The number of aromatic nitrogens is 1. The average Bonchev–Trinajstić information content (AvgIpc) is 2.37. The number of carbonyl (C=O) groups excluding carboxylic acids is 2. The van der Waals surface area contributed by atoms with E-state index in [-0.39, 0.29) is 17.5 Å². The first kappa shape index (κ1) is 12.3. The lowest BCUT2D eigenvalue weighted by Crippen LogP contribution is -2.57. The number of amides is 2. The molecule has 18 heavy (non-hydrogen) atoms. The number of nitrogens with zero attached hydrogens (tertiary/aromatic N) is 2. The highest BCUT2D eigenvalue weighted by Gasteiger charge is 2.32. The van der Waals surface area contributed by atoms with Gasteiger partial charge in [-0.3, -0.25) is 9.59 Å². The predicted molar refractivity (Wildman–Crippen MR) is 66.8 cm³/mol. The molecule has 1 aliphatic heterocycles. The number of nitrogens with two attached hydrogens (primary N) is 1. The fraction of sp³-hybridized carbons (Fsp3) is 0.417. The maximum Gasteiger partial charge on any atom is 0.273 e. The second-order valence-electron chi connectivity index (χ2n) is 4.16. The molecule has 1 atom stereocenters. The quantitative estimate of drug-likeness (QED) is 0.772. The molecule has 1 aromatic rings. The number of nitrogen functional groups attached to an aromatic ring is 1. The van der Waals surface area contributed by atoms with Crippen LogP contribution in [-0.4, -0.2) is 40.8 Å². The van der Waals surface area contributed by atoms with Crippen molar-refractivity contribution >= 4 is 17.6 Å². The average molecular weight is 248 g/mol. The molecule has 1 aromatic heterocycles. The Hall–Kier alpha value is -2.11. The van der Waals surface area contributed by atoms with E-state index in [0.717, 1.165) is 0 Å². The predicted octanol–water partition coefficient (Wildman–Crippen LogP) is 0.0144. The van der Waals surface area contributed by atoms with Gasteiger partial charge >= 0.3 is 0 Å². The fourth-order valence-corrected chi connectivity index (χ4v) is 2.08. The van der Waals surface area contributed by atoms with Crippen LogP contribution in [0.5, 0.6) is 0 Å². The molecule has 1 fully saturated rings. The number of hydrogen-bond acceptors (Lipinski definition) is 4. The van der Waals surface area contributed by atoms with Gasteiger partial charge in [0.2, 0.25) is 5.91 Å². The summed E-state index contributed by atoms with van der Waals surface area (Å²) >= 11 is 0. The van der Waals surface area contributed by atoms with Crippen molar-refractivity contribution in [3.63, 3.8) is 0 Å². The zero-order chi connectivity index (χ0) is 13.1. The molecule has 0 aliphatic carbocycles. The van der Waals surface area contributed by atoms with Gasteiger partial charge in [0.05, 0.1) is 0 Å². The Morgan fingerprint density at radius 2 is 2.39 bits per heavy atom. The molecule has 2 heterocycles. The summed E-state index contributed by atoms with van der Waals surface area (Å²) in [4.78, 5) is 29.5. The Balaban J connectivity index is 2.24. The molecule has 6 nitrogen and oxygen atoms in total. The summed E-state index contributed by atoms with van der Waals surface area (Å²) in [6.45, 7) is 2.85. The third-order valence-electron chi connectivity index (χ3n) is 2.97. The van der Waals surface area contributed by atoms with E-state index < -0.39 is 6.04 Å². The van der Waals surface area contributed by atoms with Gasteiger partial charge in [-0.15, -0.1) is 0 Å². The molecule has 2 amide bonds. The second-order valence-corrected chi connectivity index (χ2v) is 4.16. The fourth-order valence-electron chi connectivity index (χ4n) is 2.08. The van der Waals surface area contributed by atoms with Crippen LogP contribution in [0.25, 0.3) is 0 Å². The van der Waals surface area contributed by atoms with Gasteiger partial charge in [0.15, 0.2) is 0 Å². The molecule has 0 saturated carbocycles. The van der Waals surface area contributed by atoms with Crippen molar-refractivity contribution < 1.29 is 9.59 Å². The molecule has 96 valence electrons. The molecule has 6 heteroatoms. The van der Waals surface area contributed by atoms with E-state index in [1.807, 2.05) is 6.92 Å². The van der Waals surface area contributed by atoms with Gasteiger partial charge in [-0.05, 0) is 18.6 Å². The van der Waals surface area contributed by atoms with Crippen LogP contribution in [0.3, 0.4) is 0 Å². The SMILES string of the molecule is CC[C@@H]1C(=O)NCCN1C(=O)c1cccc(N)n1. The molecule has 0 radical (unpaired) electrons. The first-order chi connectivity index (χ1) is 8.63. The van der Waals surface area contributed by atoms with E-state index >= 15 is 0 Å². The summed E-state index contributed by atoms with van der Waals surface area (Å²) < 4.78 is 0. The zero-order valence-corrected chi connectivity index (χ0v) is 10.2. The molecule has 3 N–H and O–H groups in total. The number of hydrogen-bond donors (Lipinski definition) is 2. The third kappa shape index (κ3) is 2.27.